The second-order valence-corrected chi connectivity index (χ2v) is 2.34. The van der Waals surface area contributed by atoms with Crippen molar-refractivity contribution in [1.29, 1.82) is 0 Å². The van der Waals surface area contributed by atoms with E-state index >= 15 is 0 Å². The highest BCUT2D eigenvalue weighted by molar-refractivity contribution is 5.75. The van der Waals surface area contributed by atoms with E-state index in [1.807, 2.05) is 57.8 Å². The van der Waals surface area contributed by atoms with E-state index in [0.29, 0.717) is 0 Å². The Bertz CT molecular complexity index is 350. The van der Waals surface area contributed by atoms with Gasteiger partial charge in [0.15, 0.2) is 0 Å². The van der Waals surface area contributed by atoms with E-state index in [1.165, 1.54) is 5.39 Å². The minimum absolute atomic E-state index is 1.04. The molecule has 0 saturated heterocycles. The van der Waals surface area contributed by atoms with Crippen LogP contribution in [0.1, 0.15) is 27.7 Å². The second-order valence-electron chi connectivity index (χ2n) is 2.34. The van der Waals surface area contributed by atoms with Gasteiger partial charge in [-0.2, -0.15) is 0 Å². The summed E-state index contributed by atoms with van der Waals surface area (Å²) in [4.78, 5) is 4.20. The Hall–Kier alpha value is -1.31. The maximum Gasteiger partial charge on any atom is 0.139 e. The number of hydrogen-bond acceptors (Lipinski definition) is 1. The molecule has 2 rings (SSSR count). The van der Waals surface area contributed by atoms with Crippen molar-refractivity contribution in [1.82, 2.24) is 9.55 Å². The fourth-order valence-electron chi connectivity index (χ4n) is 1.10. The van der Waals surface area contributed by atoms with Crippen LogP contribution in [-0.2, 0) is 7.05 Å². The van der Waals surface area contributed by atoms with E-state index in [9.17, 15) is 0 Å². The number of pyridine rings is 1. The summed E-state index contributed by atoms with van der Waals surface area (Å²) in [6.07, 6.45) is 3.82. The number of aromatic nitrogens is 2. The van der Waals surface area contributed by atoms with Crippen molar-refractivity contribution in [2.24, 2.45) is 7.05 Å². The Morgan fingerprint density at radius 2 is 1.71 bits per heavy atom. The summed E-state index contributed by atoms with van der Waals surface area (Å²) < 4.78 is 2.01. The van der Waals surface area contributed by atoms with Crippen LogP contribution in [0.15, 0.2) is 30.6 Å². The molecular formula is C12H20N2. The van der Waals surface area contributed by atoms with Crippen molar-refractivity contribution in [3.8, 4) is 0 Å². The lowest BCUT2D eigenvalue weighted by atomic mass is 10.3. The highest BCUT2D eigenvalue weighted by Gasteiger charge is 1.93. The van der Waals surface area contributed by atoms with Crippen molar-refractivity contribution >= 4 is 11.0 Å². The number of rotatable bonds is 0. The van der Waals surface area contributed by atoms with E-state index in [-0.39, 0.29) is 0 Å². The lowest BCUT2D eigenvalue weighted by Gasteiger charge is -1.91. The molecule has 2 aromatic heterocycles. The third kappa shape index (κ3) is 2.87. The first-order valence-corrected chi connectivity index (χ1v) is 5.24. The van der Waals surface area contributed by atoms with Gasteiger partial charge in [-0.3, -0.25) is 0 Å². The average Bonchev–Trinajstić information content (AvgIpc) is 2.67. The SMILES string of the molecule is CC.CC.Cn1ccc2cccnc21. The molecule has 2 aromatic rings. The van der Waals surface area contributed by atoms with Gasteiger partial charge in [-0.25, -0.2) is 4.98 Å². The minimum atomic E-state index is 1.04. The summed E-state index contributed by atoms with van der Waals surface area (Å²) in [7, 11) is 2.00. The summed E-state index contributed by atoms with van der Waals surface area (Å²) >= 11 is 0. The van der Waals surface area contributed by atoms with Gasteiger partial charge in [0.1, 0.15) is 5.65 Å². The molecule has 14 heavy (non-hydrogen) atoms. The molecule has 2 heteroatoms. The van der Waals surface area contributed by atoms with E-state index in [1.54, 1.807) is 0 Å². The predicted molar refractivity (Wildman–Crippen MR) is 63.4 cm³/mol. The first kappa shape index (κ1) is 12.7. The molecule has 0 saturated carbocycles. The quantitative estimate of drug-likeness (QED) is 0.623. The van der Waals surface area contributed by atoms with Gasteiger partial charge in [-0.05, 0) is 18.2 Å². The smallest absolute Gasteiger partial charge is 0.139 e. The van der Waals surface area contributed by atoms with E-state index in [4.69, 9.17) is 0 Å². The molecule has 0 aromatic carbocycles. The van der Waals surface area contributed by atoms with Crippen LogP contribution >= 0.6 is 0 Å². The molecule has 2 nitrogen and oxygen atoms in total. The van der Waals surface area contributed by atoms with Crippen molar-refractivity contribution < 1.29 is 0 Å². The molecule has 0 N–H and O–H groups in total. The number of hydrogen-bond donors (Lipinski definition) is 0. The normalized spacial score (nSPS) is 8.36. The molecule has 0 aliphatic carbocycles. The fraction of sp³-hybridized carbons (Fsp3) is 0.417. The van der Waals surface area contributed by atoms with Crippen LogP contribution < -0.4 is 0 Å². The third-order valence-corrected chi connectivity index (χ3v) is 1.63. The molecule has 0 radical (unpaired) electrons. The number of aryl methyl sites for hydroxylation is 1. The van der Waals surface area contributed by atoms with Crippen LogP contribution in [0.5, 0.6) is 0 Å². The second kappa shape index (κ2) is 7.13. The number of nitrogens with zero attached hydrogens (tertiary/aromatic N) is 2. The molecule has 0 unspecified atom stereocenters. The van der Waals surface area contributed by atoms with Crippen LogP contribution in [-0.4, -0.2) is 9.55 Å². The molecule has 2 heterocycles. The Kier molecular flexibility index (Phi) is 6.46. The van der Waals surface area contributed by atoms with Crippen molar-refractivity contribution in [3.05, 3.63) is 30.6 Å². The summed E-state index contributed by atoms with van der Waals surface area (Å²) in [6, 6.07) is 6.06. The van der Waals surface area contributed by atoms with Crippen LogP contribution in [0.4, 0.5) is 0 Å². The largest absolute Gasteiger partial charge is 0.336 e. The molecule has 0 fully saturated rings. The van der Waals surface area contributed by atoms with E-state index in [0.717, 1.165) is 5.65 Å². The van der Waals surface area contributed by atoms with Gasteiger partial charge in [0.2, 0.25) is 0 Å². The lowest BCUT2D eigenvalue weighted by molar-refractivity contribution is 0.948. The molecule has 0 amide bonds. The molecular weight excluding hydrogens is 172 g/mol. The molecule has 0 spiro atoms. The van der Waals surface area contributed by atoms with Gasteiger partial charge in [0, 0.05) is 24.8 Å². The van der Waals surface area contributed by atoms with Crippen LogP contribution in [0.3, 0.4) is 0 Å². The number of fused-ring (bicyclic) bond motifs is 1. The highest BCUT2D eigenvalue weighted by Crippen LogP contribution is 2.09. The Morgan fingerprint density at radius 3 is 2.29 bits per heavy atom. The average molecular weight is 192 g/mol. The molecule has 78 valence electrons. The summed E-state index contributed by atoms with van der Waals surface area (Å²) in [6.45, 7) is 8.00. The topological polar surface area (TPSA) is 17.8 Å². The first-order chi connectivity index (χ1) is 6.88. The van der Waals surface area contributed by atoms with Gasteiger partial charge in [-0.15, -0.1) is 0 Å². The zero-order valence-electron chi connectivity index (χ0n) is 9.78. The highest BCUT2D eigenvalue weighted by atomic mass is 15.0. The van der Waals surface area contributed by atoms with Gasteiger partial charge < -0.3 is 4.57 Å². The summed E-state index contributed by atoms with van der Waals surface area (Å²) in [5, 5.41) is 1.20. The Labute approximate surface area is 86.6 Å². The van der Waals surface area contributed by atoms with Crippen molar-refractivity contribution in [3.63, 3.8) is 0 Å². The van der Waals surface area contributed by atoms with Gasteiger partial charge in [-0.1, -0.05) is 27.7 Å². The van der Waals surface area contributed by atoms with Gasteiger partial charge >= 0.3 is 0 Å². The summed E-state index contributed by atoms with van der Waals surface area (Å²) in [5.41, 5.74) is 1.04. The lowest BCUT2D eigenvalue weighted by Crippen LogP contribution is -1.85. The van der Waals surface area contributed by atoms with Crippen molar-refractivity contribution in [2.45, 2.75) is 27.7 Å². The third-order valence-electron chi connectivity index (χ3n) is 1.63. The maximum atomic E-state index is 4.20. The van der Waals surface area contributed by atoms with Crippen LogP contribution in [0, 0.1) is 0 Å². The summed E-state index contributed by atoms with van der Waals surface area (Å²) in [5.74, 6) is 0. The van der Waals surface area contributed by atoms with Crippen LogP contribution in [0.2, 0.25) is 0 Å². The van der Waals surface area contributed by atoms with Gasteiger partial charge in [0.05, 0.1) is 0 Å². The Morgan fingerprint density at radius 1 is 1.07 bits per heavy atom. The minimum Gasteiger partial charge on any atom is -0.336 e. The molecule has 0 bridgehead atoms. The maximum absolute atomic E-state index is 4.20. The van der Waals surface area contributed by atoms with Crippen molar-refractivity contribution in [2.75, 3.05) is 0 Å². The van der Waals surface area contributed by atoms with Crippen LogP contribution in [0.25, 0.3) is 11.0 Å². The van der Waals surface area contributed by atoms with Gasteiger partial charge in [0.25, 0.3) is 0 Å². The van der Waals surface area contributed by atoms with E-state index < -0.39 is 0 Å². The zero-order valence-corrected chi connectivity index (χ0v) is 9.78. The Balaban J connectivity index is 0.000000379. The molecule has 0 aliphatic heterocycles. The zero-order chi connectivity index (χ0) is 11.0. The van der Waals surface area contributed by atoms with E-state index in [2.05, 4.69) is 17.1 Å². The molecule has 0 aliphatic rings. The fourth-order valence-corrected chi connectivity index (χ4v) is 1.10. The monoisotopic (exact) mass is 192 g/mol. The predicted octanol–water partition coefficient (Wildman–Crippen LogP) is 3.63. The standard InChI is InChI=1S/C8H8N2.2C2H6/c1-10-6-4-7-3-2-5-9-8(7)10;2*1-2/h2-6H,1H3;2*1-2H3. The molecule has 0 atom stereocenters. The first-order valence-electron chi connectivity index (χ1n) is 5.24.